The van der Waals surface area contributed by atoms with E-state index in [0.717, 1.165) is 36.1 Å². The number of hydrogen-bond donors (Lipinski definition) is 1. The molecule has 3 saturated carbocycles. The number of fused-ring (bicyclic) bond motifs is 5. The average molecular weight is 231 g/mol. The van der Waals surface area contributed by atoms with Crippen LogP contribution in [0.3, 0.4) is 0 Å². The Morgan fingerprint density at radius 3 is 2.76 bits per heavy atom. The highest BCUT2D eigenvalue weighted by atomic mass is 15.3. The van der Waals surface area contributed by atoms with Crippen LogP contribution in [0.5, 0.6) is 0 Å². The zero-order chi connectivity index (χ0) is 11.6. The van der Waals surface area contributed by atoms with Gasteiger partial charge in [0.15, 0.2) is 0 Å². The first-order chi connectivity index (χ1) is 8.31. The van der Waals surface area contributed by atoms with Gasteiger partial charge in [0.25, 0.3) is 0 Å². The summed E-state index contributed by atoms with van der Waals surface area (Å²) in [5, 5.41) is 4.35. The van der Waals surface area contributed by atoms with Gasteiger partial charge in [-0.3, -0.25) is 4.68 Å². The van der Waals surface area contributed by atoms with E-state index in [1.54, 1.807) is 0 Å². The first-order valence-corrected chi connectivity index (χ1v) is 7.08. The molecule has 17 heavy (non-hydrogen) atoms. The summed E-state index contributed by atoms with van der Waals surface area (Å²) in [5.41, 5.74) is 7.76. The third-order valence-electron chi connectivity index (χ3n) is 5.60. The molecule has 0 amide bonds. The second-order valence-electron chi connectivity index (χ2n) is 6.16. The molecule has 2 bridgehead atoms. The molecule has 0 radical (unpaired) electrons. The van der Waals surface area contributed by atoms with Crippen LogP contribution in [0.2, 0.25) is 0 Å². The molecule has 1 heterocycles. The fourth-order valence-electron chi connectivity index (χ4n) is 4.96. The van der Waals surface area contributed by atoms with Crippen LogP contribution in [0.15, 0.2) is 12.3 Å². The van der Waals surface area contributed by atoms with Gasteiger partial charge in [0, 0.05) is 12.7 Å². The van der Waals surface area contributed by atoms with Crippen LogP contribution < -0.4 is 5.73 Å². The molecule has 4 rings (SSSR count). The van der Waals surface area contributed by atoms with Crippen molar-refractivity contribution in [1.82, 2.24) is 9.78 Å². The number of aromatic nitrogens is 2. The van der Waals surface area contributed by atoms with Crippen molar-refractivity contribution in [1.29, 1.82) is 0 Å². The van der Waals surface area contributed by atoms with E-state index in [-0.39, 0.29) is 6.04 Å². The Morgan fingerprint density at radius 2 is 2.12 bits per heavy atom. The maximum Gasteiger partial charge on any atom is 0.0554 e. The lowest BCUT2D eigenvalue weighted by Crippen LogP contribution is -2.21. The van der Waals surface area contributed by atoms with Gasteiger partial charge < -0.3 is 5.73 Å². The lowest BCUT2D eigenvalue weighted by molar-refractivity contribution is 0.402. The van der Waals surface area contributed by atoms with E-state index in [1.165, 1.54) is 25.0 Å². The molecule has 3 nitrogen and oxygen atoms in total. The van der Waals surface area contributed by atoms with Crippen molar-refractivity contribution >= 4 is 0 Å². The maximum atomic E-state index is 6.50. The summed E-state index contributed by atoms with van der Waals surface area (Å²) in [5.74, 6) is 4.72. The largest absolute Gasteiger partial charge is 0.322 e. The van der Waals surface area contributed by atoms with Crippen molar-refractivity contribution < 1.29 is 0 Å². The van der Waals surface area contributed by atoms with Crippen LogP contribution in [0.1, 0.15) is 37.9 Å². The maximum absolute atomic E-state index is 6.50. The molecule has 92 valence electrons. The molecule has 3 fully saturated rings. The van der Waals surface area contributed by atoms with Gasteiger partial charge in [-0.15, -0.1) is 0 Å². The second kappa shape index (κ2) is 3.35. The van der Waals surface area contributed by atoms with Crippen molar-refractivity contribution in [3.05, 3.63) is 18.0 Å². The molecule has 0 saturated heterocycles. The summed E-state index contributed by atoms with van der Waals surface area (Å²) in [6.07, 6.45) is 6.35. The predicted octanol–water partition coefficient (Wildman–Crippen LogP) is 2.19. The first kappa shape index (κ1) is 10.1. The van der Waals surface area contributed by atoms with Gasteiger partial charge in [0.1, 0.15) is 0 Å². The van der Waals surface area contributed by atoms with E-state index in [2.05, 4.69) is 22.8 Å². The number of nitrogens with two attached hydrogens (primary N) is 1. The Balaban J connectivity index is 1.58. The van der Waals surface area contributed by atoms with Crippen LogP contribution in [-0.4, -0.2) is 9.78 Å². The third-order valence-corrected chi connectivity index (χ3v) is 5.60. The number of nitrogens with zero attached hydrogens (tertiary/aromatic N) is 2. The first-order valence-electron chi connectivity index (χ1n) is 7.08. The predicted molar refractivity (Wildman–Crippen MR) is 66.1 cm³/mol. The van der Waals surface area contributed by atoms with Gasteiger partial charge in [-0.25, -0.2) is 0 Å². The van der Waals surface area contributed by atoms with Crippen molar-refractivity contribution in [2.24, 2.45) is 35.3 Å². The quantitative estimate of drug-likeness (QED) is 0.866. The van der Waals surface area contributed by atoms with Gasteiger partial charge in [0.2, 0.25) is 0 Å². The van der Waals surface area contributed by atoms with Crippen molar-refractivity contribution in [3.8, 4) is 0 Å². The fraction of sp³-hybridized carbons (Fsp3) is 0.786. The summed E-state index contributed by atoms with van der Waals surface area (Å²) in [7, 11) is 0. The molecule has 0 aromatic carbocycles. The van der Waals surface area contributed by atoms with E-state index < -0.39 is 0 Å². The van der Waals surface area contributed by atoms with E-state index in [1.807, 2.05) is 6.20 Å². The third kappa shape index (κ3) is 1.23. The van der Waals surface area contributed by atoms with E-state index in [0.29, 0.717) is 0 Å². The van der Waals surface area contributed by atoms with Gasteiger partial charge in [-0.2, -0.15) is 5.10 Å². The molecule has 0 aliphatic heterocycles. The lowest BCUT2D eigenvalue weighted by Gasteiger charge is -2.17. The summed E-state index contributed by atoms with van der Waals surface area (Å²) >= 11 is 0. The van der Waals surface area contributed by atoms with Crippen LogP contribution >= 0.6 is 0 Å². The lowest BCUT2D eigenvalue weighted by atomic mass is 9.96. The van der Waals surface area contributed by atoms with E-state index in [9.17, 15) is 0 Å². The standard InChI is InChI=1S/C14H21N3/c1-2-17-10(5-6-16-17)14(15)13-11-8-3-4-9(7-8)12(11)13/h5-6,8-9,11-14H,2-4,7,15H2,1H3. The molecule has 3 aliphatic carbocycles. The Kier molecular flexibility index (Phi) is 1.99. The smallest absolute Gasteiger partial charge is 0.0554 e. The van der Waals surface area contributed by atoms with E-state index >= 15 is 0 Å². The Labute approximate surface area is 102 Å². The minimum absolute atomic E-state index is 0.232. The molecule has 3 aliphatic rings. The molecule has 1 aromatic rings. The molecule has 0 spiro atoms. The summed E-state index contributed by atoms with van der Waals surface area (Å²) in [6.45, 7) is 3.07. The SMILES string of the molecule is CCn1nccc1C(N)C1C2C3CCC(C3)C21. The van der Waals surface area contributed by atoms with Crippen molar-refractivity contribution in [3.63, 3.8) is 0 Å². The second-order valence-corrected chi connectivity index (χ2v) is 6.16. The van der Waals surface area contributed by atoms with Crippen molar-refractivity contribution in [2.45, 2.75) is 38.8 Å². The summed E-state index contributed by atoms with van der Waals surface area (Å²) < 4.78 is 2.07. The number of aryl methyl sites for hydroxylation is 1. The zero-order valence-electron chi connectivity index (χ0n) is 10.4. The molecule has 1 aromatic heterocycles. The number of rotatable bonds is 3. The summed E-state index contributed by atoms with van der Waals surface area (Å²) in [6, 6.07) is 2.35. The van der Waals surface area contributed by atoms with Gasteiger partial charge in [-0.05, 0) is 61.8 Å². The normalized spacial score (nSPS) is 43.8. The highest BCUT2D eigenvalue weighted by Gasteiger charge is 2.66. The fourth-order valence-corrected chi connectivity index (χ4v) is 4.96. The van der Waals surface area contributed by atoms with Crippen LogP contribution in [0.4, 0.5) is 0 Å². The van der Waals surface area contributed by atoms with Crippen LogP contribution in [0, 0.1) is 29.6 Å². The Bertz CT molecular complexity index is 422. The monoisotopic (exact) mass is 231 g/mol. The van der Waals surface area contributed by atoms with Gasteiger partial charge >= 0.3 is 0 Å². The van der Waals surface area contributed by atoms with Crippen molar-refractivity contribution in [2.75, 3.05) is 0 Å². The highest BCUT2D eigenvalue weighted by Crippen LogP contribution is 2.71. The minimum atomic E-state index is 0.232. The molecular formula is C14H21N3. The van der Waals surface area contributed by atoms with E-state index in [4.69, 9.17) is 5.73 Å². The van der Waals surface area contributed by atoms with Gasteiger partial charge in [0.05, 0.1) is 11.7 Å². The Hall–Kier alpha value is -0.830. The summed E-state index contributed by atoms with van der Waals surface area (Å²) in [4.78, 5) is 0. The molecular weight excluding hydrogens is 210 g/mol. The molecule has 5 atom stereocenters. The molecule has 3 heteroatoms. The number of hydrogen-bond acceptors (Lipinski definition) is 2. The molecule has 2 N–H and O–H groups in total. The minimum Gasteiger partial charge on any atom is -0.322 e. The van der Waals surface area contributed by atoms with Gasteiger partial charge in [-0.1, -0.05) is 0 Å². The topological polar surface area (TPSA) is 43.8 Å². The highest BCUT2D eigenvalue weighted by molar-refractivity contribution is 5.20. The molecule has 5 unspecified atom stereocenters. The Morgan fingerprint density at radius 1 is 1.41 bits per heavy atom. The van der Waals surface area contributed by atoms with Crippen LogP contribution in [0.25, 0.3) is 0 Å². The average Bonchev–Trinajstić information content (AvgIpc) is 2.78. The zero-order valence-corrected chi connectivity index (χ0v) is 10.4. The van der Waals surface area contributed by atoms with Crippen LogP contribution in [-0.2, 0) is 6.54 Å².